The molecule has 0 unspecified atom stereocenters. The Hall–Kier alpha value is -2.50. The van der Waals surface area contributed by atoms with Gasteiger partial charge in [0.2, 0.25) is 0 Å². The van der Waals surface area contributed by atoms with Crippen LogP contribution in [-0.2, 0) is 9.53 Å². The van der Waals surface area contributed by atoms with Crippen molar-refractivity contribution in [2.24, 2.45) is 5.92 Å². The van der Waals surface area contributed by atoms with Gasteiger partial charge in [-0.1, -0.05) is 38.5 Å². The van der Waals surface area contributed by atoms with Crippen LogP contribution in [-0.4, -0.2) is 24.7 Å². The normalized spacial score (nSPS) is 25.0. The Morgan fingerprint density at radius 3 is 2.79 bits per heavy atom. The molecule has 1 saturated carbocycles. The number of benzene rings is 1. The van der Waals surface area contributed by atoms with Crippen LogP contribution in [0.4, 0.5) is 4.79 Å². The second kappa shape index (κ2) is 9.13. The molecule has 1 aliphatic carbocycles. The van der Waals surface area contributed by atoms with Gasteiger partial charge in [0, 0.05) is 11.3 Å². The molecule has 0 aromatic heterocycles. The van der Waals surface area contributed by atoms with Gasteiger partial charge in [0.05, 0.1) is 18.2 Å². The van der Waals surface area contributed by atoms with Gasteiger partial charge in [-0.25, -0.2) is 9.59 Å². The zero-order chi connectivity index (χ0) is 20.1. The number of hydrogen-bond donors (Lipinski definition) is 2. The van der Waals surface area contributed by atoms with E-state index < -0.39 is 6.04 Å². The van der Waals surface area contributed by atoms with Gasteiger partial charge in [0.25, 0.3) is 0 Å². The molecule has 6 nitrogen and oxygen atoms in total. The number of rotatable bonds is 6. The molecule has 2 aliphatic rings. The lowest BCUT2D eigenvalue weighted by Crippen LogP contribution is -2.45. The van der Waals surface area contributed by atoms with E-state index in [-0.39, 0.29) is 18.1 Å². The minimum atomic E-state index is -0.602. The van der Waals surface area contributed by atoms with Gasteiger partial charge in [-0.05, 0) is 44.6 Å². The predicted octanol–water partition coefficient (Wildman–Crippen LogP) is 4.23. The van der Waals surface area contributed by atoms with E-state index in [2.05, 4.69) is 17.6 Å². The van der Waals surface area contributed by atoms with Crippen LogP contribution in [0.3, 0.4) is 0 Å². The number of nitrogens with one attached hydrogen (secondary N) is 2. The van der Waals surface area contributed by atoms with Gasteiger partial charge < -0.3 is 20.1 Å². The van der Waals surface area contributed by atoms with Crippen LogP contribution in [0.15, 0.2) is 35.5 Å². The van der Waals surface area contributed by atoms with Crippen molar-refractivity contribution in [3.8, 4) is 5.75 Å². The lowest BCUT2D eigenvalue weighted by Gasteiger charge is -2.31. The molecule has 1 heterocycles. The molecule has 0 spiro atoms. The summed E-state index contributed by atoms with van der Waals surface area (Å²) in [4.78, 5) is 25.2. The van der Waals surface area contributed by atoms with Crippen LogP contribution in [0.1, 0.15) is 64.5 Å². The maximum atomic E-state index is 13.1. The van der Waals surface area contributed by atoms with E-state index in [1.165, 1.54) is 6.42 Å². The third-order valence-electron chi connectivity index (χ3n) is 5.34. The summed E-state index contributed by atoms with van der Waals surface area (Å²) in [5.41, 5.74) is 1.72. The highest BCUT2D eigenvalue weighted by Gasteiger charge is 2.35. The molecule has 152 valence electrons. The number of para-hydroxylation sites is 1. The lowest BCUT2D eigenvalue weighted by atomic mass is 9.88. The highest BCUT2D eigenvalue weighted by Crippen LogP contribution is 2.35. The summed E-state index contributed by atoms with van der Waals surface area (Å²) in [5, 5.41) is 5.57. The third kappa shape index (κ3) is 4.66. The zero-order valence-electron chi connectivity index (χ0n) is 16.9. The minimum Gasteiger partial charge on any atom is -0.493 e. The van der Waals surface area contributed by atoms with Crippen molar-refractivity contribution in [3.63, 3.8) is 0 Å². The fraction of sp³-hybridized carbons (Fsp3) is 0.545. The molecule has 2 N–H and O–H groups in total. The molecule has 0 radical (unpaired) electrons. The van der Waals surface area contributed by atoms with Crippen LogP contribution >= 0.6 is 0 Å². The standard InChI is InChI=1S/C22H30N2O4/c1-4-12-27-18-11-6-5-10-17(18)20-19(15(3)23-22(26)24-20)21(25)28-16-9-7-8-14(2)13-16/h5-6,10-11,14,16,20H,4,7-9,12-13H2,1-3H3,(H2,23,24,26)/t14-,16+,20+/m0/s1. The van der Waals surface area contributed by atoms with Crippen LogP contribution in [0.2, 0.25) is 0 Å². The fourth-order valence-corrected chi connectivity index (χ4v) is 3.96. The number of hydrogen-bond acceptors (Lipinski definition) is 4. The summed E-state index contributed by atoms with van der Waals surface area (Å²) >= 11 is 0. The first-order chi connectivity index (χ1) is 13.5. The van der Waals surface area contributed by atoms with Gasteiger partial charge in [-0.3, -0.25) is 0 Å². The monoisotopic (exact) mass is 386 g/mol. The van der Waals surface area contributed by atoms with Crippen molar-refractivity contribution in [2.45, 2.75) is 65.0 Å². The van der Waals surface area contributed by atoms with Crippen molar-refractivity contribution >= 4 is 12.0 Å². The number of allylic oxidation sites excluding steroid dienone is 1. The Bertz CT molecular complexity index is 759. The summed E-state index contributed by atoms with van der Waals surface area (Å²) in [6.45, 7) is 6.53. The molecule has 6 heteroatoms. The third-order valence-corrected chi connectivity index (χ3v) is 5.34. The molecule has 1 aliphatic heterocycles. The second-order valence-corrected chi connectivity index (χ2v) is 7.76. The number of carbonyl (C=O) groups excluding carboxylic acids is 2. The first kappa shape index (κ1) is 20.2. The average molecular weight is 386 g/mol. The Morgan fingerprint density at radius 2 is 2.04 bits per heavy atom. The quantitative estimate of drug-likeness (QED) is 0.718. The number of urea groups is 1. The van der Waals surface area contributed by atoms with Crippen LogP contribution < -0.4 is 15.4 Å². The van der Waals surface area contributed by atoms with E-state index in [4.69, 9.17) is 9.47 Å². The molecular weight excluding hydrogens is 356 g/mol. The van der Waals surface area contributed by atoms with E-state index in [9.17, 15) is 9.59 Å². The topological polar surface area (TPSA) is 76.7 Å². The average Bonchev–Trinajstić information content (AvgIpc) is 2.66. The largest absolute Gasteiger partial charge is 0.493 e. The van der Waals surface area contributed by atoms with Crippen molar-refractivity contribution in [3.05, 3.63) is 41.1 Å². The second-order valence-electron chi connectivity index (χ2n) is 7.76. The van der Waals surface area contributed by atoms with E-state index in [1.54, 1.807) is 6.92 Å². The molecule has 1 fully saturated rings. The molecule has 0 saturated heterocycles. The first-order valence-electron chi connectivity index (χ1n) is 10.2. The SMILES string of the molecule is CCCOc1ccccc1[C@H]1NC(=O)NC(C)=C1C(=O)O[C@@H]1CCC[C@H](C)C1. The van der Waals surface area contributed by atoms with E-state index in [0.717, 1.165) is 31.2 Å². The van der Waals surface area contributed by atoms with E-state index in [0.29, 0.717) is 29.5 Å². The first-order valence-corrected chi connectivity index (χ1v) is 10.2. The molecule has 3 rings (SSSR count). The maximum absolute atomic E-state index is 13.1. The smallest absolute Gasteiger partial charge is 0.338 e. The molecule has 0 bridgehead atoms. The van der Waals surface area contributed by atoms with Crippen LogP contribution in [0, 0.1) is 5.92 Å². The molecule has 28 heavy (non-hydrogen) atoms. The van der Waals surface area contributed by atoms with Crippen molar-refractivity contribution in [1.29, 1.82) is 0 Å². The number of amides is 2. The lowest BCUT2D eigenvalue weighted by molar-refractivity contribution is -0.146. The minimum absolute atomic E-state index is 0.0681. The summed E-state index contributed by atoms with van der Waals surface area (Å²) in [7, 11) is 0. The van der Waals surface area contributed by atoms with Gasteiger partial charge in [-0.2, -0.15) is 0 Å². The van der Waals surface area contributed by atoms with Crippen molar-refractivity contribution in [1.82, 2.24) is 10.6 Å². The molecule has 1 aromatic carbocycles. The summed E-state index contributed by atoms with van der Waals surface area (Å²) in [6.07, 6.45) is 4.83. The van der Waals surface area contributed by atoms with Gasteiger partial charge in [0.1, 0.15) is 11.9 Å². The zero-order valence-corrected chi connectivity index (χ0v) is 16.9. The number of ether oxygens (including phenoxy) is 2. The molecule has 2 amide bonds. The molecule has 1 aromatic rings. The van der Waals surface area contributed by atoms with Crippen LogP contribution in [0.5, 0.6) is 5.75 Å². The summed E-state index contributed by atoms with van der Waals surface area (Å²) < 4.78 is 11.7. The Kier molecular flexibility index (Phi) is 6.60. The Labute approximate surface area is 166 Å². The van der Waals surface area contributed by atoms with Crippen molar-refractivity contribution in [2.75, 3.05) is 6.61 Å². The van der Waals surface area contributed by atoms with Crippen molar-refractivity contribution < 1.29 is 19.1 Å². The predicted molar refractivity (Wildman–Crippen MR) is 107 cm³/mol. The Morgan fingerprint density at radius 1 is 1.25 bits per heavy atom. The number of esters is 1. The van der Waals surface area contributed by atoms with Gasteiger partial charge in [-0.15, -0.1) is 0 Å². The highest BCUT2D eigenvalue weighted by molar-refractivity contribution is 5.95. The number of carbonyl (C=O) groups is 2. The summed E-state index contributed by atoms with van der Waals surface area (Å²) in [5.74, 6) is 0.852. The Balaban J connectivity index is 1.88. The van der Waals surface area contributed by atoms with E-state index in [1.807, 2.05) is 31.2 Å². The maximum Gasteiger partial charge on any atom is 0.338 e. The molecular formula is C22H30N2O4. The van der Waals surface area contributed by atoms with Crippen LogP contribution in [0.25, 0.3) is 0 Å². The highest BCUT2D eigenvalue weighted by atomic mass is 16.5. The molecule has 3 atom stereocenters. The summed E-state index contributed by atoms with van der Waals surface area (Å²) in [6, 6.07) is 6.56. The fourth-order valence-electron chi connectivity index (χ4n) is 3.96. The van der Waals surface area contributed by atoms with Gasteiger partial charge in [0.15, 0.2) is 0 Å². The van der Waals surface area contributed by atoms with E-state index >= 15 is 0 Å². The van der Waals surface area contributed by atoms with Gasteiger partial charge >= 0.3 is 12.0 Å².